The minimum atomic E-state index is -0.0357. The molecule has 1 aromatic rings. The first-order chi connectivity index (χ1) is 9.24. The zero-order chi connectivity index (χ0) is 13.7. The second-order valence-electron chi connectivity index (χ2n) is 4.49. The summed E-state index contributed by atoms with van der Waals surface area (Å²) in [5.74, 6) is 0.959. The molecule has 2 rings (SSSR count). The predicted octanol–water partition coefficient (Wildman–Crippen LogP) is 1.27. The number of nitrogens with zero attached hydrogens (tertiary/aromatic N) is 3. The molecule has 1 unspecified atom stereocenters. The third kappa shape index (κ3) is 3.33. The molecule has 0 spiro atoms. The van der Waals surface area contributed by atoms with E-state index >= 15 is 0 Å². The molecule has 104 valence electrons. The summed E-state index contributed by atoms with van der Waals surface area (Å²) in [7, 11) is 1.53. The maximum Gasteiger partial charge on any atom is 0.278 e. The molecule has 1 aliphatic heterocycles. The molecule has 0 saturated carbocycles. The molecule has 1 amide bonds. The Kier molecular flexibility index (Phi) is 4.54. The Labute approximate surface area is 112 Å². The summed E-state index contributed by atoms with van der Waals surface area (Å²) >= 11 is 0. The van der Waals surface area contributed by atoms with Crippen molar-refractivity contribution in [3.8, 4) is 11.8 Å². The number of methoxy groups -OCH3 is 1. The van der Waals surface area contributed by atoms with Gasteiger partial charge in [-0.05, 0) is 6.42 Å². The zero-order valence-corrected chi connectivity index (χ0v) is 11.3. The van der Waals surface area contributed by atoms with Crippen molar-refractivity contribution in [3.05, 3.63) is 12.4 Å². The van der Waals surface area contributed by atoms with Crippen LogP contribution < -0.4 is 9.47 Å². The van der Waals surface area contributed by atoms with Crippen LogP contribution in [0.25, 0.3) is 0 Å². The fourth-order valence-corrected chi connectivity index (χ4v) is 2.11. The van der Waals surface area contributed by atoms with E-state index < -0.39 is 0 Å². The Hall–Kier alpha value is -1.85. The lowest BCUT2D eigenvalue weighted by atomic mass is 10.3. The van der Waals surface area contributed by atoms with Crippen molar-refractivity contribution in [1.82, 2.24) is 14.9 Å². The van der Waals surface area contributed by atoms with E-state index in [9.17, 15) is 4.79 Å². The molecule has 1 aromatic heterocycles. The molecule has 0 radical (unpaired) electrons. The first-order valence-electron chi connectivity index (χ1n) is 6.54. The van der Waals surface area contributed by atoms with Crippen LogP contribution in [-0.4, -0.2) is 47.1 Å². The van der Waals surface area contributed by atoms with Crippen LogP contribution in [0.15, 0.2) is 12.4 Å². The lowest BCUT2D eigenvalue weighted by molar-refractivity contribution is -0.130. The molecule has 2 heterocycles. The molecule has 0 N–H and O–H groups in total. The summed E-state index contributed by atoms with van der Waals surface area (Å²) < 4.78 is 10.9. The molecule has 6 heteroatoms. The van der Waals surface area contributed by atoms with E-state index in [4.69, 9.17) is 9.47 Å². The number of amides is 1. The van der Waals surface area contributed by atoms with Gasteiger partial charge in [-0.2, -0.15) is 0 Å². The van der Waals surface area contributed by atoms with E-state index in [1.165, 1.54) is 7.11 Å². The van der Waals surface area contributed by atoms with Crippen molar-refractivity contribution in [3.63, 3.8) is 0 Å². The minimum Gasteiger partial charge on any atom is -0.477 e. The number of rotatable bonds is 5. The second kappa shape index (κ2) is 6.36. The Morgan fingerprint density at radius 3 is 2.84 bits per heavy atom. The van der Waals surface area contributed by atoms with Gasteiger partial charge in [-0.3, -0.25) is 4.79 Å². The molecule has 1 atom stereocenters. The van der Waals surface area contributed by atoms with Gasteiger partial charge in [0.05, 0.1) is 13.7 Å². The van der Waals surface area contributed by atoms with Crippen LogP contribution in [0.2, 0.25) is 0 Å². The average Bonchev–Trinajstić information content (AvgIpc) is 2.88. The molecule has 0 aliphatic carbocycles. The molecule has 1 aliphatic rings. The van der Waals surface area contributed by atoms with Crippen LogP contribution in [0.5, 0.6) is 11.8 Å². The molecule has 6 nitrogen and oxygen atoms in total. The van der Waals surface area contributed by atoms with Gasteiger partial charge in [0.1, 0.15) is 6.10 Å². The molecule has 19 heavy (non-hydrogen) atoms. The summed E-state index contributed by atoms with van der Waals surface area (Å²) in [4.78, 5) is 21.8. The summed E-state index contributed by atoms with van der Waals surface area (Å²) in [5.41, 5.74) is 0. The van der Waals surface area contributed by atoms with Crippen molar-refractivity contribution in [2.45, 2.75) is 32.3 Å². The highest BCUT2D eigenvalue weighted by atomic mass is 16.5. The van der Waals surface area contributed by atoms with Crippen molar-refractivity contribution < 1.29 is 14.3 Å². The highest BCUT2D eigenvalue weighted by Gasteiger charge is 2.28. The quantitative estimate of drug-likeness (QED) is 0.802. The fourth-order valence-electron chi connectivity index (χ4n) is 2.11. The maximum atomic E-state index is 11.8. The van der Waals surface area contributed by atoms with Crippen LogP contribution in [0.1, 0.15) is 26.2 Å². The van der Waals surface area contributed by atoms with Gasteiger partial charge in [0.25, 0.3) is 11.8 Å². The van der Waals surface area contributed by atoms with Crippen molar-refractivity contribution in [2.75, 3.05) is 20.2 Å². The Morgan fingerprint density at radius 2 is 2.16 bits per heavy atom. The molecular formula is C13H19N3O3. The third-order valence-corrected chi connectivity index (χ3v) is 3.07. The number of ether oxygens (including phenoxy) is 2. The number of likely N-dealkylation sites (tertiary alicyclic amines) is 1. The van der Waals surface area contributed by atoms with Crippen LogP contribution in [0, 0.1) is 0 Å². The van der Waals surface area contributed by atoms with Gasteiger partial charge in [-0.15, -0.1) is 0 Å². The normalized spacial score (nSPS) is 18.4. The van der Waals surface area contributed by atoms with E-state index in [1.54, 1.807) is 12.4 Å². The SMILES string of the molecule is CCCC(=O)N1CCC(Oc2nccnc2OC)C1. The number of hydrogen-bond acceptors (Lipinski definition) is 5. The Balaban J connectivity index is 1.93. The van der Waals surface area contributed by atoms with Crippen LogP contribution in [0.3, 0.4) is 0 Å². The van der Waals surface area contributed by atoms with E-state index in [0.29, 0.717) is 24.7 Å². The Morgan fingerprint density at radius 1 is 1.42 bits per heavy atom. The summed E-state index contributed by atoms with van der Waals surface area (Å²) in [6.45, 7) is 3.36. The van der Waals surface area contributed by atoms with Gasteiger partial charge in [-0.25, -0.2) is 9.97 Å². The van der Waals surface area contributed by atoms with Gasteiger partial charge < -0.3 is 14.4 Å². The highest BCUT2D eigenvalue weighted by molar-refractivity contribution is 5.76. The fraction of sp³-hybridized carbons (Fsp3) is 0.615. The van der Waals surface area contributed by atoms with E-state index in [0.717, 1.165) is 19.4 Å². The largest absolute Gasteiger partial charge is 0.477 e. The first-order valence-corrected chi connectivity index (χ1v) is 6.54. The maximum absolute atomic E-state index is 11.8. The van der Waals surface area contributed by atoms with Crippen molar-refractivity contribution in [2.24, 2.45) is 0 Å². The summed E-state index contributed by atoms with van der Waals surface area (Å²) in [6, 6.07) is 0. The van der Waals surface area contributed by atoms with Crippen LogP contribution in [-0.2, 0) is 4.79 Å². The summed E-state index contributed by atoms with van der Waals surface area (Å²) in [5, 5.41) is 0. The van der Waals surface area contributed by atoms with Gasteiger partial charge in [0.15, 0.2) is 0 Å². The van der Waals surface area contributed by atoms with E-state index in [-0.39, 0.29) is 12.0 Å². The van der Waals surface area contributed by atoms with Gasteiger partial charge in [0, 0.05) is 31.8 Å². The zero-order valence-electron chi connectivity index (χ0n) is 11.3. The van der Waals surface area contributed by atoms with Crippen molar-refractivity contribution >= 4 is 5.91 Å². The smallest absolute Gasteiger partial charge is 0.278 e. The van der Waals surface area contributed by atoms with Gasteiger partial charge >= 0.3 is 0 Å². The lowest BCUT2D eigenvalue weighted by Crippen LogP contribution is -2.30. The first kappa shape index (κ1) is 13.6. The highest BCUT2D eigenvalue weighted by Crippen LogP contribution is 2.24. The van der Waals surface area contributed by atoms with Gasteiger partial charge in [-0.1, -0.05) is 6.92 Å². The molecule has 0 bridgehead atoms. The van der Waals surface area contributed by atoms with Crippen LogP contribution >= 0.6 is 0 Å². The standard InChI is InChI=1S/C13H19N3O3/c1-3-4-11(17)16-8-5-10(9-16)19-13-12(18-2)14-6-7-15-13/h6-7,10H,3-5,8-9H2,1-2H3. The molecule has 1 fully saturated rings. The topological polar surface area (TPSA) is 64.6 Å². The number of hydrogen-bond donors (Lipinski definition) is 0. The second-order valence-corrected chi connectivity index (χ2v) is 4.49. The monoisotopic (exact) mass is 265 g/mol. The molecule has 1 saturated heterocycles. The van der Waals surface area contributed by atoms with Crippen molar-refractivity contribution in [1.29, 1.82) is 0 Å². The Bertz CT molecular complexity index is 439. The molecular weight excluding hydrogens is 246 g/mol. The average molecular weight is 265 g/mol. The number of carbonyl (C=O) groups is 1. The van der Waals surface area contributed by atoms with Crippen LogP contribution in [0.4, 0.5) is 0 Å². The number of carbonyl (C=O) groups excluding carboxylic acids is 1. The molecule has 0 aromatic carbocycles. The van der Waals surface area contributed by atoms with E-state index in [1.807, 2.05) is 11.8 Å². The predicted molar refractivity (Wildman–Crippen MR) is 69.1 cm³/mol. The lowest BCUT2D eigenvalue weighted by Gasteiger charge is -2.17. The summed E-state index contributed by atoms with van der Waals surface area (Å²) in [6.07, 6.45) is 5.37. The van der Waals surface area contributed by atoms with Gasteiger partial charge in [0.2, 0.25) is 5.91 Å². The number of aromatic nitrogens is 2. The third-order valence-electron chi connectivity index (χ3n) is 3.07. The minimum absolute atomic E-state index is 0.0357. The van der Waals surface area contributed by atoms with E-state index in [2.05, 4.69) is 9.97 Å².